The highest BCUT2D eigenvalue weighted by molar-refractivity contribution is 5.98. The molecule has 3 aromatic carbocycles. The Morgan fingerprint density at radius 2 is 1.71 bits per heavy atom. The number of nitrogens with zero attached hydrogens (tertiary/aromatic N) is 1. The lowest BCUT2D eigenvalue weighted by Gasteiger charge is -2.14. The van der Waals surface area contributed by atoms with Crippen LogP contribution in [0.3, 0.4) is 0 Å². The number of benzene rings is 3. The molecule has 1 fully saturated rings. The summed E-state index contributed by atoms with van der Waals surface area (Å²) < 4.78 is 20.0. The van der Waals surface area contributed by atoms with Crippen molar-refractivity contribution in [3.63, 3.8) is 0 Å². The molecule has 0 unspecified atom stereocenters. The minimum atomic E-state index is -0.825. The standard InChI is InChI=1S/C24H20FN3O3/c1-31-20-13-9-18(10-14-20)23(29)26-21-22(17-5-3-2-4-6-17)28(27-24(21)30)15-16-7-11-19(25)12-8-16/h2-15,21-22H,1H3,(H-,26,27,29,30)/p+1/b28-15-/t21-,22+/m0/s1. The van der Waals surface area contributed by atoms with Crippen LogP contribution in [0.2, 0.25) is 0 Å². The maximum Gasteiger partial charge on any atom is 0.304 e. The van der Waals surface area contributed by atoms with Gasteiger partial charge in [0, 0.05) is 16.7 Å². The first-order chi connectivity index (χ1) is 15.0. The molecule has 1 saturated heterocycles. The average molecular weight is 418 g/mol. The van der Waals surface area contributed by atoms with Crippen molar-refractivity contribution in [2.45, 2.75) is 12.1 Å². The van der Waals surface area contributed by atoms with Gasteiger partial charge in [0.1, 0.15) is 11.6 Å². The van der Waals surface area contributed by atoms with Crippen molar-refractivity contribution in [2.24, 2.45) is 0 Å². The van der Waals surface area contributed by atoms with Crippen LogP contribution in [0.4, 0.5) is 4.39 Å². The molecule has 0 saturated carbocycles. The summed E-state index contributed by atoms with van der Waals surface area (Å²) in [6.07, 6.45) is 1.72. The van der Waals surface area contributed by atoms with E-state index in [2.05, 4.69) is 10.7 Å². The quantitative estimate of drug-likeness (QED) is 0.626. The fourth-order valence-electron chi connectivity index (χ4n) is 3.51. The van der Waals surface area contributed by atoms with Crippen molar-refractivity contribution in [1.29, 1.82) is 0 Å². The predicted octanol–water partition coefficient (Wildman–Crippen LogP) is 2.85. The lowest BCUT2D eigenvalue weighted by atomic mass is 10.00. The van der Waals surface area contributed by atoms with Crippen LogP contribution >= 0.6 is 0 Å². The van der Waals surface area contributed by atoms with E-state index in [0.29, 0.717) is 16.9 Å². The smallest absolute Gasteiger partial charge is 0.304 e. The topological polar surface area (TPSA) is 70.4 Å². The van der Waals surface area contributed by atoms with Gasteiger partial charge in [0.25, 0.3) is 5.91 Å². The zero-order valence-electron chi connectivity index (χ0n) is 16.8. The van der Waals surface area contributed by atoms with Crippen molar-refractivity contribution in [2.75, 3.05) is 7.11 Å². The van der Waals surface area contributed by atoms with Crippen LogP contribution in [0.25, 0.3) is 0 Å². The van der Waals surface area contributed by atoms with Gasteiger partial charge in [0.05, 0.1) is 7.11 Å². The van der Waals surface area contributed by atoms with E-state index in [0.717, 1.165) is 5.56 Å². The lowest BCUT2D eigenvalue weighted by molar-refractivity contribution is -0.596. The Morgan fingerprint density at radius 1 is 1.03 bits per heavy atom. The summed E-state index contributed by atoms with van der Waals surface area (Å²) in [6, 6.07) is 20.7. The molecule has 3 aromatic rings. The third-order valence-corrected chi connectivity index (χ3v) is 5.08. The molecule has 0 aliphatic carbocycles. The van der Waals surface area contributed by atoms with Gasteiger partial charge in [-0.1, -0.05) is 30.3 Å². The van der Waals surface area contributed by atoms with Crippen molar-refractivity contribution in [3.8, 4) is 5.75 Å². The number of hydrazine groups is 1. The maximum atomic E-state index is 13.3. The van der Waals surface area contributed by atoms with Crippen LogP contribution in [0.5, 0.6) is 5.75 Å². The van der Waals surface area contributed by atoms with Gasteiger partial charge < -0.3 is 10.1 Å². The summed E-state index contributed by atoms with van der Waals surface area (Å²) in [7, 11) is 1.55. The van der Waals surface area contributed by atoms with E-state index in [-0.39, 0.29) is 17.6 Å². The van der Waals surface area contributed by atoms with Gasteiger partial charge in [-0.05, 0) is 48.5 Å². The molecule has 7 heteroatoms. The average Bonchev–Trinajstić information content (AvgIpc) is 3.10. The molecule has 2 amide bonds. The van der Waals surface area contributed by atoms with Gasteiger partial charge >= 0.3 is 5.91 Å². The van der Waals surface area contributed by atoms with E-state index in [1.165, 1.54) is 12.1 Å². The van der Waals surface area contributed by atoms with Crippen LogP contribution in [0.15, 0.2) is 78.9 Å². The number of hydrogen-bond donors (Lipinski definition) is 2. The number of carbonyl (C=O) groups excluding carboxylic acids is 2. The van der Waals surface area contributed by atoms with Crippen LogP contribution in [0.1, 0.15) is 27.5 Å². The van der Waals surface area contributed by atoms with Gasteiger partial charge in [-0.3, -0.25) is 9.59 Å². The van der Waals surface area contributed by atoms with E-state index >= 15 is 0 Å². The highest BCUT2D eigenvalue weighted by Gasteiger charge is 2.47. The molecule has 4 rings (SSSR count). The molecule has 0 spiro atoms. The van der Waals surface area contributed by atoms with Gasteiger partial charge in [0.2, 0.25) is 12.3 Å². The first kappa shape index (κ1) is 20.3. The highest BCUT2D eigenvalue weighted by atomic mass is 19.1. The Bertz CT molecular complexity index is 1110. The zero-order chi connectivity index (χ0) is 21.8. The maximum absolute atomic E-state index is 13.3. The number of hydrazone groups is 1. The molecule has 0 bridgehead atoms. The molecule has 1 aliphatic rings. The summed E-state index contributed by atoms with van der Waals surface area (Å²) in [5.74, 6) is -0.411. The largest absolute Gasteiger partial charge is 0.497 e. The minimum absolute atomic E-state index is 0.339. The first-order valence-electron chi connectivity index (χ1n) is 9.74. The van der Waals surface area contributed by atoms with E-state index in [9.17, 15) is 14.0 Å². The highest BCUT2D eigenvalue weighted by Crippen LogP contribution is 2.25. The van der Waals surface area contributed by atoms with Crippen molar-refractivity contribution in [1.82, 2.24) is 10.7 Å². The van der Waals surface area contributed by atoms with Crippen molar-refractivity contribution >= 4 is 18.0 Å². The Labute approximate surface area is 179 Å². The molecule has 2 N–H and O–H groups in total. The number of nitrogens with one attached hydrogen (secondary N) is 2. The molecule has 2 atom stereocenters. The van der Waals surface area contributed by atoms with Crippen molar-refractivity contribution in [3.05, 3.63) is 101 Å². The normalized spacial score (nSPS) is 19.2. The van der Waals surface area contributed by atoms with Crippen LogP contribution in [-0.2, 0) is 4.79 Å². The minimum Gasteiger partial charge on any atom is -0.497 e. The zero-order valence-corrected chi connectivity index (χ0v) is 16.8. The van der Waals surface area contributed by atoms with Gasteiger partial charge in [0.15, 0.2) is 6.04 Å². The molecule has 0 aromatic heterocycles. The van der Waals surface area contributed by atoms with Crippen LogP contribution in [0, 0.1) is 5.82 Å². The second-order valence-corrected chi connectivity index (χ2v) is 7.10. The van der Waals surface area contributed by atoms with Gasteiger partial charge in [-0.15, -0.1) is 10.1 Å². The molecule has 156 valence electrons. The number of ether oxygens (including phenoxy) is 1. The van der Waals surface area contributed by atoms with E-state index in [4.69, 9.17) is 4.74 Å². The molecular formula is C24H21FN3O3+. The molecular weight excluding hydrogens is 397 g/mol. The number of halogens is 1. The van der Waals surface area contributed by atoms with E-state index in [1.54, 1.807) is 54.4 Å². The Morgan fingerprint density at radius 3 is 2.35 bits per heavy atom. The summed E-state index contributed by atoms with van der Waals surface area (Å²) in [4.78, 5) is 25.6. The summed E-state index contributed by atoms with van der Waals surface area (Å²) in [6.45, 7) is 0. The monoisotopic (exact) mass is 418 g/mol. The lowest BCUT2D eigenvalue weighted by Crippen LogP contribution is -2.42. The fourth-order valence-corrected chi connectivity index (χ4v) is 3.51. The molecule has 6 nitrogen and oxygen atoms in total. The fraction of sp³-hybridized carbons (Fsp3) is 0.125. The Kier molecular flexibility index (Phi) is 5.75. The van der Waals surface area contributed by atoms with Crippen LogP contribution < -0.4 is 15.5 Å². The predicted molar refractivity (Wildman–Crippen MR) is 113 cm³/mol. The number of rotatable bonds is 5. The number of methoxy groups -OCH3 is 1. The first-order valence-corrected chi connectivity index (χ1v) is 9.74. The van der Waals surface area contributed by atoms with Gasteiger partial charge in [-0.25, -0.2) is 4.39 Å². The van der Waals surface area contributed by atoms with Crippen LogP contribution in [-0.4, -0.2) is 35.9 Å². The Hall–Kier alpha value is -4.00. The molecule has 0 radical (unpaired) electrons. The second-order valence-electron chi connectivity index (χ2n) is 7.10. The summed E-state index contributed by atoms with van der Waals surface area (Å²) in [5.41, 5.74) is 4.78. The Balaban J connectivity index is 1.65. The van der Waals surface area contributed by atoms with E-state index < -0.39 is 12.1 Å². The summed E-state index contributed by atoms with van der Waals surface area (Å²) >= 11 is 0. The SMILES string of the molecule is COc1ccc(C(=O)N[C@@H]2C(=O)N/[N+](=C\c3ccc(F)cc3)[C@@H]2c2ccccc2)cc1. The van der Waals surface area contributed by atoms with E-state index in [1.807, 2.05) is 30.3 Å². The second kappa shape index (κ2) is 8.79. The number of amides is 2. The third kappa shape index (κ3) is 4.45. The number of carbonyl (C=O) groups is 2. The molecule has 31 heavy (non-hydrogen) atoms. The third-order valence-electron chi connectivity index (χ3n) is 5.08. The van der Waals surface area contributed by atoms with Gasteiger partial charge in [-0.2, -0.15) is 0 Å². The number of hydrogen-bond acceptors (Lipinski definition) is 3. The molecule has 1 aliphatic heterocycles. The molecule has 1 heterocycles. The summed E-state index contributed by atoms with van der Waals surface area (Å²) in [5, 5.41) is 2.84. The van der Waals surface area contributed by atoms with Crippen molar-refractivity contribution < 1.29 is 23.4 Å².